The third kappa shape index (κ3) is 6.10. The number of nitrogens with zero attached hydrogens (tertiary/aromatic N) is 6. The molecule has 5 aromatic carbocycles. The van der Waals surface area contributed by atoms with Gasteiger partial charge in [-0.15, -0.1) is 0 Å². The van der Waals surface area contributed by atoms with E-state index in [-0.39, 0.29) is 0 Å². The third-order valence-corrected chi connectivity index (χ3v) is 8.10. The molecule has 8 rings (SSSR count). The molecule has 6 heteroatoms. The first kappa shape index (κ1) is 28.8. The third-order valence-electron chi connectivity index (χ3n) is 8.10. The molecule has 3 aromatic heterocycles. The summed E-state index contributed by atoms with van der Waals surface area (Å²) in [5, 5.41) is 0. The molecule has 0 unspecified atom stereocenters. The summed E-state index contributed by atoms with van der Waals surface area (Å²) in [7, 11) is 0. The van der Waals surface area contributed by atoms with Gasteiger partial charge in [-0.05, 0) is 70.8 Å². The smallest absolute Gasteiger partial charge is 0.160 e. The first-order valence-corrected chi connectivity index (χ1v) is 15.7. The van der Waals surface area contributed by atoms with Gasteiger partial charge in [0.15, 0.2) is 17.5 Å². The summed E-state index contributed by atoms with van der Waals surface area (Å²) in [5.74, 6) is 1.94. The van der Waals surface area contributed by atoms with Crippen LogP contribution in [0.3, 0.4) is 0 Å². The van der Waals surface area contributed by atoms with Crippen LogP contribution in [0.25, 0.3) is 78.9 Å². The van der Waals surface area contributed by atoms with Crippen LogP contribution in [0.1, 0.15) is 0 Å². The maximum Gasteiger partial charge on any atom is 0.160 e. The lowest BCUT2D eigenvalue weighted by atomic mass is 9.95. The Morgan fingerprint density at radius 1 is 0.250 bits per heavy atom. The first-order chi connectivity index (χ1) is 23.8. The molecular weight excluding hydrogens is 589 g/mol. The fourth-order valence-corrected chi connectivity index (χ4v) is 5.75. The van der Waals surface area contributed by atoms with Crippen molar-refractivity contribution in [3.05, 3.63) is 170 Å². The minimum atomic E-state index is 0.625. The highest BCUT2D eigenvalue weighted by Gasteiger charge is 2.15. The minimum absolute atomic E-state index is 0.625. The van der Waals surface area contributed by atoms with Gasteiger partial charge >= 0.3 is 0 Å². The predicted octanol–water partition coefficient (Wildman–Crippen LogP) is 9.73. The fraction of sp³-hybridized carbons (Fsp3) is 0. The normalized spacial score (nSPS) is 10.9. The van der Waals surface area contributed by atoms with E-state index in [9.17, 15) is 0 Å². The first-order valence-electron chi connectivity index (χ1n) is 15.7. The van der Waals surface area contributed by atoms with Gasteiger partial charge in [0.25, 0.3) is 0 Å². The monoisotopic (exact) mass is 616 g/mol. The van der Waals surface area contributed by atoms with E-state index in [1.165, 1.54) is 0 Å². The summed E-state index contributed by atoms with van der Waals surface area (Å²) >= 11 is 0. The summed E-state index contributed by atoms with van der Waals surface area (Å²) in [6, 6.07) is 49.4. The molecule has 3 heterocycles. The Balaban J connectivity index is 1.33. The van der Waals surface area contributed by atoms with E-state index in [1.807, 2.05) is 54.6 Å². The Morgan fingerprint density at radius 3 is 1.08 bits per heavy atom. The Labute approximate surface area is 278 Å². The standard InChI is InChI=1S/C42H28N6/c1-3-11-29(12-4-1)35-25-36(30-13-5-2-6-14-30)27-37(26-35)42-47-38(31-15-7-17-33(23-31)40-43-19-9-20-44-40)28-39(48-42)32-16-8-18-34(24-32)41-45-21-10-22-46-41/h1-28H. The summed E-state index contributed by atoms with van der Waals surface area (Å²) in [6.45, 7) is 0. The highest BCUT2D eigenvalue weighted by molar-refractivity contribution is 5.82. The van der Waals surface area contributed by atoms with Gasteiger partial charge in [0, 0.05) is 52.6 Å². The van der Waals surface area contributed by atoms with Gasteiger partial charge in [-0.1, -0.05) is 97.1 Å². The Hall–Kier alpha value is -6.66. The predicted molar refractivity (Wildman–Crippen MR) is 191 cm³/mol. The number of aromatic nitrogens is 6. The van der Waals surface area contributed by atoms with Crippen molar-refractivity contribution in [1.29, 1.82) is 0 Å². The molecular formula is C42H28N6. The second-order valence-electron chi connectivity index (χ2n) is 11.3. The minimum Gasteiger partial charge on any atom is -0.237 e. The maximum atomic E-state index is 5.21. The van der Waals surface area contributed by atoms with Crippen LogP contribution in [0, 0.1) is 0 Å². The second kappa shape index (κ2) is 13.0. The van der Waals surface area contributed by atoms with Crippen molar-refractivity contribution >= 4 is 0 Å². The number of hydrogen-bond donors (Lipinski definition) is 0. The van der Waals surface area contributed by atoms with Crippen molar-refractivity contribution < 1.29 is 0 Å². The van der Waals surface area contributed by atoms with Crippen molar-refractivity contribution in [2.75, 3.05) is 0 Å². The molecule has 0 radical (unpaired) electrons. The largest absolute Gasteiger partial charge is 0.237 e. The van der Waals surface area contributed by atoms with Crippen molar-refractivity contribution in [3.8, 4) is 78.9 Å². The van der Waals surface area contributed by atoms with Crippen LogP contribution in [0.2, 0.25) is 0 Å². The zero-order valence-corrected chi connectivity index (χ0v) is 25.8. The van der Waals surface area contributed by atoms with Gasteiger partial charge in [-0.3, -0.25) is 0 Å². The van der Waals surface area contributed by atoms with E-state index in [0.29, 0.717) is 17.5 Å². The van der Waals surface area contributed by atoms with E-state index < -0.39 is 0 Å². The fourth-order valence-electron chi connectivity index (χ4n) is 5.75. The molecule has 0 aliphatic rings. The van der Waals surface area contributed by atoms with E-state index in [1.54, 1.807) is 24.8 Å². The van der Waals surface area contributed by atoms with E-state index >= 15 is 0 Å². The molecule has 0 amide bonds. The Kier molecular flexibility index (Phi) is 7.79. The van der Waals surface area contributed by atoms with Crippen molar-refractivity contribution in [2.45, 2.75) is 0 Å². The highest BCUT2D eigenvalue weighted by atomic mass is 14.9. The molecule has 0 spiro atoms. The summed E-state index contributed by atoms with van der Waals surface area (Å²) in [5.41, 5.74) is 10.6. The quantitative estimate of drug-likeness (QED) is 0.177. The average molecular weight is 617 g/mol. The number of benzene rings is 5. The van der Waals surface area contributed by atoms with Crippen molar-refractivity contribution in [2.24, 2.45) is 0 Å². The zero-order valence-electron chi connectivity index (χ0n) is 25.8. The average Bonchev–Trinajstić information content (AvgIpc) is 3.19. The molecule has 0 bridgehead atoms. The van der Waals surface area contributed by atoms with Crippen molar-refractivity contribution in [1.82, 2.24) is 29.9 Å². The molecule has 0 aliphatic heterocycles. The summed E-state index contributed by atoms with van der Waals surface area (Å²) in [6.07, 6.45) is 7.01. The van der Waals surface area contributed by atoms with Gasteiger partial charge in [0.05, 0.1) is 11.4 Å². The lowest BCUT2D eigenvalue weighted by Crippen LogP contribution is -1.97. The van der Waals surface area contributed by atoms with Crippen LogP contribution < -0.4 is 0 Å². The lowest BCUT2D eigenvalue weighted by Gasteiger charge is -2.13. The molecule has 0 atom stereocenters. The van der Waals surface area contributed by atoms with Gasteiger partial charge in [0.2, 0.25) is 0 Å². The molecule has 0 fully saturated rings. The highest BCUT2D eigenvalue weighted by Crippen LogP contribution is 2.35. The van der Waals surface area contributed by atoms with Gasteiger partial charge in [-0.2, -0.15) is 0 Å². The lowest BCUT2D eigenvalue weighted by molar-refractivity contribution is 1.17. The molecule has 0 saturated heterocycles. The SMILES string of the molecule is c1ccc(-c2cc(-c3ccccc3)cc(-c3nc(-c4cccc(-c5ncccn5)c4)cc(-c4cccc(-c5ncccn5)c4)n3)c2)cc1. The second-order valence-corrected chi connectivity index (χ2v) is 11.3. The zero-order chi connectivity index (χ0) is 32.1. The van der Waals surface area contributed by atoms with Gasteiger partial charge in [0.1, 0.15) is 0 Å². The molecule has 8 aromatic rings. The van der Waals surface area contributed by atoms with Crippen LogP contribution in [0.4, 0.5) is 0 Å². The van der Waals surface area contributed by atoms with Gasteiger partial charge in [-0.25, -0.2) is 29.9 Å². The van der Waals surface area contributed by atoms with E-state index in [4.69, 9.17) is 9.97 Å². The Morgan fingerprint density at radius 2 is 0.625 bits per heavy atom. The Bertz CT molecular complexity index is 2170. The number of rotatable bonds is 7. The van der Waals surface area contributed by atoms with Gasteiger partial charge < -0.3 is 0 Å². The molecule has 6 nitrogen and oxygen atoms in total. The van der Waals surface area contributed by atoms with Crippen LogP contribution in [0.15, 0.2) is 170 Å². The molecule has 226 valence electrons. The summed E-state index contributed by atoms with van der Waals surface area (Å²) in [4.78, 5) is 28.3. The molecule has 48 heavy (non-hydrogen) atoms. The maximum absolute atomic E-state index is 5.21. The molecule has 0 N–H and O–H groups in total. The van der Waals surface area contributed by atoms with Crippen LogP contribution in [0.5, 0.6) is 0 Å². The topological polar surface area (TPSA) is 77.3 Å². The number of hydrogen-bond acceptors (Lipinski definition) is 6. The van der Waals surface area contributed by atoms with E-state index in [0.717, 1.165) is 61.5 Å². The molecule has 0 saturated carbocycles. The summed E-state index contributed by atoms with van der Waals surface area (Å²) < 4.78 is 0. The van der Waals surface area contributed by atoms with Crippen LogP contribution >= 0.6 is 0 Å². The molecule has 0 aliphatic carbocycles. The van der Waals surface area contributed by atoms with Crippen molar-refractivity contribution in [3.63, 3.8) is 0 Å². The van der Waals surface area contributed by atoms with E-state index in [2.05, 4.69) is 111 Å². The van der Waals surface area contributed by atoms with Crippen LogP contribution in [-0.2, 0) is 0 Å². The van der Waals surface area contributed by atoms with Crippen LogP contribution in [-0.4, -0.2) is 29.9 Å².